The van der Waals surface area contributed by atoms with Crippen molar-refractivity contribution in [1.82, 2.24) is 25.2 Å². The van der Waals surface area contributed by atoms with E-state index in [2.05, 4.69) is 27.7 Å². The molecule has 4 N–H and O–H groups in total. The second-order valence-electron chi connectivity index (χ2n) is 18.0. The lowest BCUT2D eigenvalue weighted by atomic mass is 9.92. The molecule has 0 unspecified atom stereocenters. The van der Waals surface area contributed by atoms with E-state index in [1.54, 1.807) is 38.1 Å². The minimum absolute atomic E-state index is 0.0134. The number of benzene rings is 2. The Morgan fingerprint density at radius 2 is 1.58 bits per heavy atom. The number of aromatic nitrogens is 1. The molecule has 0 saturated carbocycles. The molecule has 3 aliphatic rings. The molecule has 6 atom stereocenters. The van der Waals surface area contributed by atoms with E-state index >= 15 is 0 Å². The molecule has 352 valence electrons. The third-order valence-electron chi connectivity index (χ3n) is 11.8. The van der Waals surface area contributed by atoms with Crippen LogP contribution in [0.3, 0.4) is 0 Å². The van der Waals surface area contributed by atoms with Crippen molar-refractivity contribution in [2.45, 2.75) is 90.9 Å². The van der Waals surface area contributed by atoms with Gasteiger partial charge in [-0.05, 0) is 61.1 Å². The number of hydrogen-bond donors (Lipinski definition) is 4. The van der Waals surface area contributed by atoms with Crippen LogP contribution < -0.4 is 20.2 Å². The Morgan fingerprint density at radius 3 is 2.23 bits per heavy atom. The number of amides is 2. The van der Waals surface area contributed by atoms with Crippen LogP contribution in [0.4, 0.5) is 0 Å². The average Bonchev–Trinajstić information content (AvgIpc) is 4.01. The molecule has 1 aromatic heterocycles. The van der Waals surface area contributed by atoms with Crippen LogP contribution in [0.1, 0.15) is 70.3 Å². The highest BCUT2D eigenvalue weighted by atomic mass is 35.5. The van der Waals surface area contributed by atoms with Crippen LogP contribution in [0.5, 0.6) is 17.5 Å². The molecule has 3 aromatic rings. The largest absolute Gasteiger partial charge is 0.495 e. The number of methoxy groups -OCH3 is 1. The molecule has 17 nitrogen and oxygen atoms in total. The number of nitrogens with one attached hydrogen (secondary N) is 2. The number of aromatic hydroxyl groups is 2. The standard InChI is InChI=1S/C47H60ClN5O12/c1-28(2)22-37-45(59)62-35(8-7-9-38(54)50-34(24-31-12-15-36(61-6)33(48)23-31)44(58)49-27-47(4,5)46(60)63-37)29(3)42-43(64-42)32-13-10-30(11-14-32)25-51-18-20-52(21-19-51)26-41(57)65-53-39(55)16-17-40(53)56/h7,9-17,23,28-29,34-35,37,42-43,55-56H,8,18-22,24-27H2,1-6H3,(H,49,58)(H,50,54)/t29-,34+,35-,37-,42+,43+/m0/s1. The number of epoxide rings is 1. The van der Waals surface area contributed by atoms with Gasteiger partial charge < -0.3 is 44.6 Å². The van der Waals surface area contributed by atoms with E-state index in [1.807, 2.05) is 37.8 Å². The van der Waals surface area contributed by atoms with Gasteiger partial charge in [0.1, 0.15) is 24.0 Å². The lowest BCUT2D eigenvalue weighted by Gasteiger charge is -2.34. The highest BCUT2D eigenvalue weighted by Crippen LogP contribution is 2.45. The van der Waals surface area contributed by atoms with Crippen LogP contribution in [0.2, 0.25) is 5.02 Å². The molecule has 0 aliphatic carbocycles. The van der Waals surface area contributed by atoms with Crippen LogP contribution in [0.25, 0.3) is 0 Å². The van der Waals surface area contributed by atoms with Crippen LogP contribution >= 0.6 is 11.6 Å². The fourth-order valence-electron chi connectivity index (χ4n) is 7.81. The summed E-state index contributed by atoms with van der Waals surface area (Å²) in [6.07, 6.45) is 0.825. The van der Waals surface area contributed by atoms with Gasteiger partial charge in [-0.3, -0.25) is 24.2 Å². The fourth-order valence-corrected chi connectivity index (χ4v) is 8.09. The molecule has 0 spiro atoms. The Balaban J connectivity index is 1.10. The van der Waals surface area contributed by atoms with Crippen molar-refractivity contribution in [3.05, 3.63) is 88.5 Å². The number of ether oxygens (including phenoxy) is 4. The highest BCUT2D eigenvalue weighted by Gasteiger charge is 2.48. The maximum atomic E-state index is 13.9. The second-order valence-corrected chi connectivity index (χ2v) is 18.4. The fraction of sp³-hybridized carbons (Fsp3) is 0.511. The lowest BCUT2D eigenvalue weighted by molar-refractivity contribution is -0.179. The summed E-state index contributed by atoms with van der Waals surface area (Å²) in [6, 6.07) is 14.7. The molecule has 6 rings (SSSR count). The first-order valence-corrected chi connectivity index (χ1v) is 22.3. The van der Waals surface area contributed by atoms with Crippen molar-refractivity contribution in [3.63, 3.8) is 0 Å². The third-order valence-corrected chi connectivity index (χ3v) is 12.1. The number of halogens is 1. The highest BCUT2D eigenvalue weighted by molar-refractivity contribution is 6.32. The van der Waals surface area contributed by atoms with Crippen molar-refractivity contribution >= 4 is 41.3 Å². The number of cyclic esters (lactones) is 2. The Hall–Kier alpha value is -5.62. The second kappa shape index (κ2) is 21.6. The maximum absolute atomic E-state index is 13.9. The first-order chi connectivity index (χ1) is 30.9. The van der Waals surface area contributed by atoms with Gasteiger partial charge in [-0.25, -0.2) is 9.59 Å². The van der Waals surface area contributed by atoms with E-state index in [1.165, 1.54) is 25.3 Å². The summed E-state index contributed by atoms with van der Waals surface area (Å²) in [5.74, 6) is -3.68. The summed E-state index contributed by atoms with van der Waals surface area (Å²) >= 11 is 6.37. The van der Waals surface area contributed by atoms with Crippen molar-refractivity contribution < 1.29 is 58.0 Å². The monoisotopic (exact) mass is 921 g/mol. The molecular weight excluding hydrogens is 862 g/mol. The van der Waals surface area contributed by atoms with Crippen molar-refractivity contribution in [1.29, 1.82) is 0 Å². The van der Waals surface area contributed by atoms with Gasteiger partial charge in [0.25, 0.3) is 0 Å². The minimum atomic E-state index is -1.24. The van der Waals surface area contributed by atoms with E-state index in [0.717, 1.165) is 24.2 Å². The molecule has 2 fully saturated rings. The Kier molecular flexibility index (Phi) is 16.2. The number of rotatable bonds is 13. The molecule has 2 aromatic carbocycles. The van der Waals surface area contributed by atoms with Gasteiger partial charge in [0, 0.05) is 70.2 Å². The van der Waals surface area contributed by atoms with Gasteiger partial charge >= 0.3 is 17.9 Å². The van der Waals surface area contributed by atoms with E-state index in [-0.39, 0.29) is 68.2 Å². The van der Waals surface area contributed by atoms with Gasteiger partial charge in [0.15, 0.2) is 6.10 Å². The molecule has 2 saturated heterocycles. The Labute approximate surface area is 383 Å². The Bertz CT molecular complexity index is 2180. The molecular formula is C47H60ClN5O12. The van der Waals surface area contributed by atoms with E-state index in [9.17, 15) is 34.2 Å². The smallest absolute Gasteiger partial charge is 0.347 e. The lowest BCUT2D eigenvalue weighted by Crippen LogP contribution is -2.51. The molecule has 0 radical (unpaired) electrons. The van der Waals surface area contributed by atoms with E-state index in [0.29, 0.717) is 40.7 Å². The van der Waals surface area contributed by atoms with Gasteiger partial charge in [-0.2, -0.15) is 0 Å². The van der Waals surface area contributed by atoms with Crippen molar-refractivity contribution in [3.8, 4) is 17.5 Å². The van der Waals surface area contributed by atoms with Crippen LogP contribution in [0, 0.1) is 17.3 Å². The summed E-state index contributed by atoms with van der Waals surface area (Å²) in [5.41, 5.74) is 1.49. The molecule has 3 aliphatic heterocycles. The summed E-state index contributed by atoms with van der Waals surface area (Å²) in [5, 5.41) is 25.4. The molecule has 18 heteroatoms. The quantitative estimate of drug-likeness (QED) is 0.141. The summed E-state index contributed by atoms with van der Waals surface area (Å²) < 4.78 is 24.2. The van der Waals surface area contributed by atoms with Crippen LogP contribution in [-0.2, 0) is 51.1 Å². The number of carbonyl (C=O) groups excluding carboxylic acids is 5. The maximum Gasteiger partial charge on any atom is 0.347 e. The zero-order valence-corrected chi connectivity index (χ0v) is 38.4. The summed E-state index contributed by atoms with van der Waals surface area (Å²) in [4.78, 5) is 76.2. The molecule has 4 heterocycles. The normalized spacial score (nSPS) is 24.1. The first kappa shape index (κ1) is 48.8. The molecule has 65 heavy (non-hydrogen) atoms. The van der Waals surface area contributed by atoms with E-state index < -0.39 is 53.4 Å². The number of hydrogen-bond acceptors (Lipinski definition) is 14. The first-order valence-electron chi connectivity index (χ1n) is 21.9. The predicted octanol–water partition coefficient (Wildman–Crippen LogP) is 4.11. The van der Waals surface area contributed by atoms with Gasteiger partial charge in [0.2, 0.25) is 23.6 Å². The average molecular weight is 922 g/mol. The third kappa shape index (κ3) is 13.2. The van der Waals surface area contributed by atoms with Crippen LogP contribution in [0.15, 0.2) is 66.7 Å². The SMILES string of the molecule is COc1ccc(C[C@H]2NC(=O)C=CC[C@@H]([C@H](C)[C@H]3O[C@@H]3c3ccc(CN4CCN(CC(=O)On5c(O)ccc5O)CC4)cc3)OC(=O)[C@H](CC(C)C)OC(=O)C(C)(C)CNC2=O)cc1Cl. The van der Waals surface area contributed by atoms with Gasteiger partial charge in [-0.1, -0.05) is 68.8 Å². The van der Waals surface area contributed by atoms with Crippen LogP contribution in [-0.4, -0.2) is 125 Å². The minimum Gasteiger partial charge on any atom is -0.495 e. The molecule has 2 amide bonds. The predicted molar refractivity (Wildman–Crippen MR) is 238 cm³/mol. The number of carbonyl (C=O) groups is 5. The number of esters is 2. The Morgan fingerprint density at radius 1 is 0.923 bits per heavy atom. The van der Waals surface area contributed by atoms with Gasteiger partial charge in [0.05, 0.1) is 30.2 Å². The van der Waals surface area contributed by atoms with Crippen molar-refractivity contribution in [2.24, 2.45) is 17.3 Å². The molecule has 0 bridgehead atoms. The zero-order chi connectivity index (χ0) is 47.0. The van der Waals surface area contributed by atoms with Crippen molar-refractivity contribution in [2.75, 3.05) is 46.4 Å². The summed E-state index contributed by atoms with van der Waals surface area (Å²) in [7, 11) is 1.50. The number of nitrogens with zero attached hydrogens (tertiary/aromatic N) is 3. The van der Waals surface area contributed by atoms with E-state index in [4.69, 9.17) is 35.4 Å². The van der Waals surface area contributed by atoms with Gasteiger partial charge in [-0.15, -0.1) is 4.73 Å². The topological polar surface area (TPSA) is 211 Å². The number of piperazine rings is 1. The summed E-state index contributed by atoms with van der Waals surface area (Å²) in [6.45, 7) is 12.3. The zero-order valence-electron chi connectivity index (χ0n) is 37.7.